The van der Waals surface area contributed by atoms with Crippen LogP contribution in [0.15, 0.2) is 24.3 Å². The maximum atomic E-state index is 13.8. The molecular weight excluding hydrogens is 681 g/mol. The molecule has 5 heterocycles. The van der Waals surface area contributed by atoms with Crippen LogP contribution in [0, 0.1) is 23.3 Å². The Bertz CT molecular complexity index is 1820. The molecule has 3 unspecified atom stereocenters. The fourth-order valence-electron chi connectivity index (χ4n) is 6.81. The summed E-state index contributed by atoms with van der Waals surface area (Å²) in [5.74, 6) is -2.94. The molecule has 3 fully saturated rings. The van der Waals surface area contributed by atoms with Gasteiger partial charge in [0.25, 0.3) is 0 Å². The van der Waals surface area contributed by atoms with Gasteiger partial charge in [-0.3, -0.25) is 19.4 Å². The molecular formula is C33H40F4N8O2S2. The molecule has 3 aliphatic heterocycles. The summed E-state index contributed by atoms with van der Waals surface area (Å²) in [5, 5.41) is 6.19. The number of benzene rings is 2. The topological polar surface area (TPSA) is 96.9 Å². The van der Waals surface area contributed by atoms with Crippen molar-refractivity contribution in [2.24, 2.45) is 0 Å². The molecule has 0 bridgehead atoms. The lowest BCUT2D eigenvalue weighted by Gasteiger charge is -2.29. The van der Waals surface area contributed by atoms with E-state index in [9.17, 15) is 27.2 Å². The minimum absolute atomic E-state index is 0.0904. The number of aromatic nitrogens is 2. The maximum Gasteiger partial charge on any atom is 0.243 e. The van der Waals surface area contributed by atoms with Gasteiger partial charge in [0.1, 0.15) is 22.7 Å². The minimum Gasteiger partial charge on any atom is -0.308 e. The third-order valence-corrected chi connectivity index (χ3v) is 11.1. The van der Waals surface area contributed by atoms with Crippen molar-refractivity contribution in [1.29, 1.82) is 0 Å². The molecule has 7 rings (SSSR count). The lowest BCUT2D eigenvalue weighted by molar-refractivity contribution is -0.121. The first-order chi connectivity index (χ1) is 23.4. The van der Waals surface area contributed by atoms with E-state index in [0.29, 0.717) is 25.7 Å². The van der Waals surface area contributed by atoms with Crippen molar-refractivity contribution in [3.8, 4) is 0 Å². The standard InChI is InChI=1S/C17H20F2N4OS.C16H20F2N4OS/c1-22-6-4-11(9-22)23-5-2-3-13(23)16(24)21-17-20-15-12(19)7-10(18)8-14(15)25-17;1-21(2)6-7-22-5-3-4-12(22)15(23)20-16-19-14-11(18)8-10(17)9-13(14)24-16/h7-8,11,13H,2-6,9H2,1H3,(H,20,21,24);8-9,12H,3-7H2,1-2H3,(H,19,20,23). The van der Waals surface area contributed by atoms with E-state index in [1.54, 1.807) is 0 Å². The number of thiazole rings is 2. The Kier molecular flexibility index (Phi) is 11.1. The van der Waals surface area contributed by atoms with Crippen LogP contribution in [-0.4, -0.2) is 120 Å². The van der Waals surface area contributed by atoms with Gasteiger partial charge < -0.3 is 20.4 Å². The van der Waals surface area contributed by atoms with Gasteiger partial charge in [0, 0.05) is 37.8 Å². The van der Waals surface area contributed by atoms with E-state index in [4.69, 9.17) is 0 Å². The molecule has 2 aromatic heterocycles. The quantitative estimate of drug-likeness (QED) is 0.240. The monoisotopic (exact) mass is 720 g/mol. The number of nitrogens with zero attached hydrogens (tertiary/aromatic N) is 6. The van der Waals surface area contributed by atoms with Crippen molar-refractivity contribution < 1.29 is 27.2 Å². The van der Waals surface area contributed by atoms with E-state index >= 15 is 0 Å². The van der Waals surface area contributed by atoms with E-state index in [2.05, 4.69) is 47.2 Å². The molecule has 49 heavy (non-hydrogen) atoms. The third kappa shape index (κ3) is 8.37. The number of fused-ring (bicyclic) bond motifs is 2. The highest BCUT2D eigenvalue weighted by Crippen LogP contribution is 2.32. The minimum atomic E-state index is -0.713. The van der Waals surface area contributed by atoms with Crippen molar-refractivity contribution in [2.45, 2.75) is 50.2 Å². The summed E-state index contributed by atoms with van der Waals surface area (Å²) < 4.78 is 54.8. The molecule has 3 saturated heterocycles. The van der Waals surface area contributed by atoms with Gasteiger partial charge in [0.05, 0.1) is 21.5 Å². The molecule has 16 heteroatoms. The van der Waals surface area contributed by atoms with Gasteiger partial charge in [0.15, 0.2) is 21.9 Å². The van der Waals surface area contributed by atoms with Gasteiger partial charge >= 0.3 is 0 Å². The Morgan fingerprint density at radius 2 is 1.37 bits per heavy atom. The number of hydrogen-bond acceptors (Lipinski definition) is 10. The van der Waals surface area contributed by atoms with Crippen LogP contribution in [0.4, 0.5) is 27.8 Å². The second kappa shape index (κ2) is 15.3. The number of nitrogens with one attached hydrogen (secondary N) is 2. The van der Waals surface area contributed by atoms with Gasteiger partial charge in [-0.2, -0.15) is 0 Å². The molecule has 4 aromatic rings. The van der Waals surface area contributed by atoms with Crippen LogP contribution in [0.5, 0.6) is 0 Å². The fourth-order valence-corrected chi connectivity index (χ4v) is 8.62. The summed E-state index contributed by atoms with van der Waals surface area (Å²) in [6.45, 7) is 5.57. The molecule has 10 nitrogen and oxygen atoms in total. The molecule has 3 aliphatic rings. The molecule has 0 aliphatic carbocycles. The van der Waals surface area contributed by atoms with Crippen LogP contribution in [0.1, 0.15) is 32.1 Å². The number of anilines is 2. The average Bonchev–Trinajstić information content (AvgIpc) is 3.86. The van der Waals surface area contributed by atoms with Crippen LogP contribution >= 0.6 is 22.7 Å². The molecule has 264 valence electrons. The van der Waals surface area contributed by atoms with E-state index in [0.717, 1.165) is 106 Å². The highest BCUT2D eigenvalue weighted by molar-refractivity contribution is 7.22. The summed E-state index contributed by atoms with van der Waals surface area (Å²) in [6.07, 6.45) is 4.67. The smallest absolute Gasteiger partial charge is 0.243 e. The van der Waals surface area contributed by atoms with E-state index in [-0.39, 0.29) is 34.9 Å². The van der Waals surface area contributed by atoms with Gasteiger partial charge in [-0.15, -0.1) is 0 Å². The Morgan fingerprint density at radius 3 is 1.92 bits per heavy atom. The predicted molar refractivity (Wildman–Crippen MR) is 185 cm³/mol. The Hall–Kier alpha value is -3.28. The van der Waals surface area contributed by atoms with Gasteiger partial charge in [-0.1, -0.05) is 22.7 Å². The van der Waals surface area contributed by atoms with E-state index < -0.39 is 23.3 Å². The number of carbonyl (C=O) groups is 2. The number of amides is 2. The van der Waals surface area contributed by atoms with Crippen LogP contribution in [0.25, 0.3) is 20.4 Å². The largest absolute Gasteiger partial charge is 0.308 e. The van der Waals surface area contributed by atoms with Crippen molar-refractivity contribution in [2.75, 3.05) is 71.0 Å². The van der Waals surface area contributed by atoms with Crippen LogP contribution in [-0.2, 0) is 9.59 Å². The first-order valence-corrected chi connectivity index (χ1v) is 18.0. The summed E-state index contributed by atoms with van der Waals surface area (Å²) in [4.78, 5) is 42.3. The van der Waals surface area contributed by atoms with Gasteiger partial charge in [0.2, 0.25) is 11.8 Å². The first kappa shape index (κ1) is 35.5. The van der Waals surface area contributed by atoms with Crippen molar-refractivity contribution >= 4 is 65.2 Å². The van der Waals surface area contributed by atoms with Crippen LogP contribution in [0.2, 0.25) is 0 Å². The maximum absolute atomic E-state index is 13.8. The van der Waals surface area contributed by atoms with E-state index in [1.807, 2.05) is 14.1 Å². The van der Waals surface area contributed by atoms with Crippen molar-refractivity contribution in [1.82, 2.24) is 29.6 Å². The van der Waals surface area contributed by atoms with Crippen molar-refractivity contribution in [3.05, 3.63) is 47.5 Å². The van der Waals surface area contributed by atoms with Crippen LogP contribution < -0.4 is 10.6 Å². The van der Waals surface area contributed by atoms with E-state index in [1.165, 1.54) is 12.1 Å². The number of carbonyl (C=O) groups excluding carboxylic acids is 2. The fraction of sp³-hybridized carbons (Fsp3) is 0.515. The molecule has 2 amide bonds. The number of likely N-dealkylation sites (tertiary alicyclic amines) is 3. The lowest BCUT2D eigenvalue weighted by atomic mass is 10.1. The molecule has 0 radical (unpaired) electrons. The summed E-state index contributed by atoms with van der Waals surface area (Å²) in [5.41, 5.74) is 0.190. The normalized spacial score (nSPS) is 21.9. The van der Waals surface area contributed by atoms with Gasteiger partial charge in [-0.05, 0) is 85.0 Å². The first-order valence-electron chi connectivity index (χ1n) is 16.4. The second-order valence-electron chi connectivity index (χ2n) is 13.1. The Balaban J connectivity index is 0.000000170. The van der Waals surface area contributed by atoms with Crippen molar-refractivity contribution in [3.63, 3.8) is 0 Å². The lowest BCUT2D eigenvalue weighted by Crippen LogP contribution is -2.46. The summed E-state index contributed by atoms with van der Waals surface area (Å²) in [6, 6.07) is 4.11. The second-order valence-corrected chi connectivity index (χ2v) is 15.1. The zero-order valence-electron chi connectivity index (χ0n) is 27.6. The number of likely N-dealkylation sites (N-methyl/N-ethyl adjacent to an activating group) is 2. The predicted octanol–water partition coefficient (Wildman–Crippen LogP) is 5.22. The van der Waals surface area contributed by atoms with Crippen LogP contribution in [0.3, 0.4) is 0 Å². The molecule has 3 atom stereocenters. The third-order valence-electron chi connectivity index (χ3n) is 9.22. The number of halogens is 4. The summed E-state index contributed by atoms with van der Waals surface area (Å²) in [7, 11) is 6.10. The number of rotatable bonds is 8. The zero-order valence-corrected chi connectivity index (χ0v) is 29.3. The molecule has 2 aromatic carbocycles. The zero-order chi connectivity index (χ0) is 34.8. The highest BCUT2D eigenvalue weighted by Gasteiger charge is 2.38. The average molecular weight is 721 g/mol. The summed E-state index contributed by atoms with van der Waals surface area (Å²) >= 11 is 2.18. The highest BCUT2D eigenvalue weighted by atomic mass is 32.1. The number of hydrogen-bond donors (Lipinski definition) is 2. The SMILES string of the molecule is CN(C)CCN1CCCC1C(=O)Nc1nc2c(F)cc(F)cc2s1.CN1CCC(N2CCCC2C(=O)Nc2nc3c(F)cc(F)cc3s2)C1. The Morgan fingerprint density at radius 1 is 0.816 bits per heavy atom. The Labute approximate surface area is 290 Å². The molecule has 0 spiro atoms. The molecule has 0 saturated carbocycles. The molecule has 2 N–H and O–H groups in total. The van der Waals surface area contributed by atoms with Gasteiger partial charge in [-0.25, -0.2) is 27.5 Å².